The highest BCUT2D eigenvalue weighted by molar-refractivity contribution is 7.80. The lowest BCUT2D eigenvalue weighted by Crippen LogP contribution is -2.37. The topological polar surface area (TPSA) is 87.7 Å². The zero-order chi connectivity index (χ0) is 18.9. The number of aryl methyl sites for hydroxylation is 1. The second-order valence-corrected chi connectivity index (χ2v) is 5.76. The molecule has 134 valence electrons. The molecule has 26 heavy (non-hydrogen) atoms. The Balaban J connectivity index is 1.86. The molecule has 0 aromatic heterocycles. The number of ether oxygens (including phenoxy) is 1. The average molecular weight is 370 g/mol. The summed E-state index contributed by atoms with van der Waals surface area (Å²) in [6.07, 6.45) is 2.51. The van der Waals surface area contributed by atoms with Crippen LogP contribution in [0.4, 0.5) is 5.69 Å². The first-order valence-electron chi connectivity index (χ1n) is 7.74. The third-order valence-corrected chi connectivity index (χ3v) is 3.47. The molecule has 0 spiro atoms. The van der Waals surface area contributed by atoms with E-state index in [1.165, 1.54) is 6.08 Å². The van der Waals surface area contributed by atoms with Gasteiger partial charge in [0, 0.05) is 11.8 Å². The summed E-state index contributed by atoms with van der Waals surface area (Å²) >= 11 is 5.11. The predicted molar refractivity (Wildman–Crippen MR) is 104 cm³/mol. The highest BCUT2D eigenvalue weighted by Gasteiger charge is 2.07. The molecule has 0 radical (unpaired) electrons. The quantitative estimate of drug-likeness (QED) is 0.535. The summed E-state index contributed by atoms with van der Waals surface area (Å²) in [6, 6.07) is 14.4. The number of anilines is 1. The maximum Gasteiger partial charge on any atom is 0.328 e. The number of nitrogens with one attached hydrogen (secondary N) is 2. The van der Waals surface area contributed by atoms with E-state index in [2.05, 4.69) is 10.6 Å². The van der Waals surface area contributed by atoms with Crippen LogP contribution < -0.4 is 15.4 Å². The van der Waals surface area contributed by atoms with Crippen LogP contribution in [-0.4, -0.2) is 28.7 Å². The van der Waals surface area contributed by atoms with Crippen molar-refractivity contribution >= 4 is 41.0 Å². The zero-order valence-corrected chi connectivity index (χ0v) is 14.9. The molecule has 0 aliphatic heterocycles. The smallest absolute Gasteiger partial charge is 0.328 e. The lowest BCUT2D eigenvalue weighted by Gasteiger charge is -2.11. The van der Waals surface area contributed by atoms with E-state index in [-0.39, 0.29) is 17.6 Å². The van der Waals surface area contributed by atoms with Gasteiger partial charge in [0.25, 0.3) is 5.91 Å². The molecule has 0 saturated carbocycles. The second kappa shape index (κ2) is 9.33. The van der Waals surface area contributed by atoms with E-state index >= 15 is 0 Å². The normalized spacial score (nSPS) is 10.3. The van der Waals surface area contributed by atoms with E-state index in [1.807, 2.05) is 25.1 Å². The van der Waals surface area contributed by atoms with Crippen molar-refractivity contribution in [2.24, 2.45) is 0 Å². The summed E-state index contributed by atoms with van der Waals surface area (Å²) in [4.78, 5) is 22.5. The molecule has 0 bridgehead atoms. The standard InChI is InChI=1S/C19H18N2O4S/c1-13-5-2-3-8-16(13)25-12-17(22)21-19(26)20-15-7-4-6-14(11-15)9-10-18(23)24/h2-11H,12H2,1H3,(H,23,24)(H2,20,21,22,26)/b10-9+. The van der Waals surface area contributed by atoms with E-state index in [0.717, 1.165) is 11.6 Å². The van der Waals surface area contributed by atoms with Crippen molar-refractivity contribution < 1.29 is 19.4 Å². The Hall–Kier alpha value is -3.19. The summed E-state index contributed by atoms with van der Waals surface area (Å²) in [5.41, 5.74) is 2.25. The number of benzene rings is 2. The third kappa shape index (κ3) is 6.37. The molecule has 3 N–H and O–H groups in total. The molecule has 2 rings (SSSR count). The molecule has 0 unspecified atom stereocenters. The van der Waals surface area contributed by atoms with Gasteiger partial charge in [-0.3, -0.25) is 10.1 Å². The number of rotatable bonds is 6. The second-order valence-electron chi connectivity index (χ2n) is 5.35. The lowest BCUT2D eigenvalue weighted by molar-refractivity contribution is -0.131. The number of hydrogen-bond donors (Lipinski definition) is 3. The Morgan fingerprint density at radius 2 is 1.96 bits per heavy atom. The van der Waals surface area contributed by atoms with E-state index in [0.29, 0.717) is 17.0 Å². The number of carbonyl (C=O) groups excluding carboxylic acids is 1. The summed E-state index contributed by atoms with van der Waals surface area (Å²) in [5, 5.41) is 14.2. The number of carboxylic acids is 1. The molecule has 6 nitrogen and oxygen atoms in total. The van der Waals surface area contributed by atoms with Gasteiger partial charge in [-0.25, -0.2) is 4.79 Å². The number of hydrogen-bond acceptors (Lipinski definition) is 4. The van der Waals surface area contributed by atoms with Crippen LogP contribution in [0.2, 0.25) is 0 Å². The number of para-hydroxylation sites is 1. The van der Waals surface area contributed by atoms with Crippen LogP contribution in [0.5, 0.6) is 5.75 Å². The fraction of sp³-hybridized carbons (Fsp3) is 0.105. The predicted octanol–water partition coefficient (Wildman–Crippen LogP) is 2.98. The Labute approximate surface area is 156 Å². The van der Waals surface area contributed by atoms with Crippen molar-refractivity contribution in [1.82, 2.24) is 5.32 Å². The van der Waals surface area contributed by atoms with Gasteiger partial charge in [-0.05, 0) is 54.5 Å². The van der Waals surface area contributed by atoms with Gasteiger partial charge >= 0.3 is 5.97 Å². The SMILES string of the molecule is Cc1ccccc1OCC(=O)NC(=S)Nc1cccc(/C=C/C(=O)O)c1. The van der Waals surface area contributed by atoms with Crippen LogP contribution in [0.3, 0.4) is 0 Å². The van der Waals surface area contributed by atoms with Crippen LogP contribution in [0, 0.1) is 6.92 Å². The Bertz CT molecular complexity index is 849. The van der Waals surface area contributed by atoms with E-state index in [1.54, 1.807) is 30.3 Å². The van der Waals surface area contributed by atoms with Crippen molar-refractivity contribution in [3.05, 3.63) is 65.7 Å². The molecule has 0 atom stereocenters. The van der Waals surface area contributed by atoms with Crippen molar-refractivity contribution in [2.45, 2.75) is 6.92 Å². The molecule has 0 saturated heterocycles. The number of aliphatic carboxylic acids is 1. The fourth-order valence-electron chi connectivity index (χ4n) is 2.07. The van der Waals surface area contributed by atoms with Gasteiger partial charge in [0.1, 0.15) is 5.75 Å². The minimum Gasteiger partial charge on any atom is -0.483 e. The largest absolute Gasteiger partial charge is 0.483 e. The summed E-state index contributed by atoms with van der Waals surface area (Å²) in [7, 11) is 0. The molecule has 0 fully saturated rings. The minimum atomic E-state index is -1.03. The van der Waals surface area contributed by atoms with E-state index in [4.69, 9.17) is 22.1 Å². The molecule has 0 aliphatic carbocycles. The lowest BCUT2D eigenvalue weighted by atomic mass is 10.2. The first-order chi connectivity index (χ1) is 12.4. The van der Waals surface area contributed by atoms with Crippen LogP contribution in [0.15, 0.2) is 54.6 Å². The van der Waals surface area contributed by atoms with Gasteiger partial charge in [-0.1, -0.05) is 30.3 Å². The van der Waals surface area contributed by atoms with Crippen molar-refractivity contribution in [3.8, 4) is 5.75 Å². The van der Waals surface area contributed by atoms with Crippen LogP contribution in [0.1, 0.15) is 11.1 Å². The van der Waals surface area contributed by atoms with Gasteiger partial charge in [0.15, 0.2) is 11.7 Å². The Morgan fingerprint density at radius 3 is 2.69 bits per heavy atom. The first kappa shape index (κ1) is 19.1. The molecule has 2 aromatic carbocycles. The summed E-state index contributed by atoms with van der Waals surface area (Å²) in [6.45, 7) is 1.74. The molecule has 2 aromatic rings. The van der Waals surface area contributed by atoms with E-state index in [9.17, 15) is 9.59 Å². The molecule has 1 amide bonds. The maximum atomic E-state index is 11.9. The van der Waals surface area contributed by atoms with Crippen LogP contribution in [0.25, 0.3) is 6.08 Å². The first-order valence-corrected chi connectivity index (χ1v) is 8.15. The number of amides is 1. The van der Waals surface area contributed by atoms with Crippen molar-refractivity contribution in [1.29, 1.82) is 0 Å². The minimum absolute atomic E-state index is 0.128. The Kier molecular flexibility index (Phi) is 6.87. The van der Waals surface area contributed by atoms with Gasteiger partial charge in [0.05, 0.1) is 0 Å². The fourth-order valence-corrected chi connectivity index (χ4v) is 2.31. The monoisotopic (exact) mass is 370 g/mol. The Morgan fingerprint density at radius 1 is 1.19 bits per heavy atom. The van der Waals surface area contributed by atoms with E-state index < -0.39 is 5.97 Å². The van der Waals surface area contributed by atoms with Gasteiger partial charge < -0.3 is 15.2 Å². The van der Waals surface area contributed by atoms with Crippen LogP contribution >= 0.6 is 12.2 Å². The number of thiocarbonyl (C=S) groups is 1. The number of carboxylic acid groups (broad SMARTS) is 1. The van der Waals surface area contributed by atoms with Crippen molar-refractivity contribution in [2.75, 3.05) is 11.9 Å². The molecular formula is C19H18N2O4S. The average Bonchev–Trinajstić information content (AvgIpc) is 2.59. The molecule has 0 heterocycles. The van der Waals surface area contributed by atoms with Gasteiger partial charge in [-0.15, -0.1) is 0 Å². The third-order valence-electron chi connectivity index (χ3n) is 3.27. The van der Waals surface area contributed by atoms with Crippen LogP contribution in [-0.2, 0) is 9.59 Å². The number of carbonyl (C=O) groups is 2. The zero-order valence-electron chi connectivity index (χ0n) is 14.1. The highest BCUT2D eigenvalue weighted by atomic mass is 32.1. The maximum absolute atomic E-state index is 11.9. The summed E-state index contributed by atoms with van der Waals surface area (Å²) < 4.78 is 5.46. The van der Waals surface area contributed by atoms with Gasteiger partial charge in [0.2, 0.25) is 0 Å². The van der Waals surface area contributed by atoms with Gasteiger partial charge in [-0.2, -0.15) is 0 Å². The highest BCUT2D eigenvalue weighted by Crippen LogP contribution is 2.16. The molecule has 0 aliphatic rings. The molecule has 7 heteroatoms. The van der Waals surface area contributed by atoms with Crippen molar-refractivity contribution in [3.63, 3.8) is 0 Å². The summed E-state index contributed by atoms with van der Waals surface area (Å²) in [5.74, 6) is -0.771. The molecular weight excluding hydrogens is 352 g/mol.